The topological polar surface area (TPSA) is 124 Å². The number of carbonyl (C=O) groups is 4. The van der Waals surface area contributed by atoms with E-state index < -0.39 is 54.6 Å². The molecule has 0 unspecified atom stereocenters. The molecule has 0 bridgehead atoms. The number of quaternary nitrogens is 1. The Morgan fingerprint density at radius 2 is 1.33 bits per heavy atom. The highest BCUT2D eigenvalue weighted by atomic mass is 127. The van der Waals surface area contributed by atoms with E-state index in [9.17, 15) is 19.2 Å². The number of nitrogens with zero attached hydrogens (tertiary/aromatic N) is 1. The normalized spacial score (nSPS) is 27.0. The number of hydrogen-bond donors (Lipinski definition) is 0. The summed E-state index contributed by atoms with van der Waals surface area (Å²) < 4.78 is 33.7. The number of carbonyl (C=O) groups excluding carboxylic acids is 4. The van der Waals surface area contributed by atoms with Crippen LogP contribution >= 0.6 is 0 Å². The van der Waals surface area contributed by atoms with Gasteiger partial charge in [-0.2, -0.15) is 0 Å². The van der Waals surface area contributed by atoms with Crippen LogP contribution < -0.4 is 24.0 Å². The number of likely N-dealkylation sites (N-methyl/N-ethyl adjacent to an activating group) is 1. The van der Waals surface area contributed by atoms with Crippen LogP contribution in [0.5, 0.6) is 0 Å². The van der Waals surface area contributed by atoms with Crippen LogP contribution in [0, 0.1) is 0 Å². The third kappa shape index (κ3) is 9.33. The van der Waals surface area contributed by atoms with Gasteiger partial charge in [0, 0.05) is 40.5 Å². The number of ether oxygens (including phenoxy) is 6. The summed E-state index contributed by atoms with van der Waals surface area (Å²) in [5.74, 6) is -2.57. The molecule has 1 aliphatic carbocycles. The molecule has 2 aliphatic rings. The number of hydrogen-bond acceptors (Lipinski definition) is 10. The van der Waals surface area contributed by atoms with Gasteiger partial charge in [0.2, 0.25) is 0 Å². The van der Waals surface area contributed by atoms with Gasteiger partial charge in [0.15, 0.2) is 24.6 Å². The van der Waals surface area contributed by atoms with Gasteiger partial charge in [0.25, 0.3) is 0 Å². The zero-order chi connectivity index (χ0) is 24.1. The van der Waals surface area contributed by atoms with Crippen LogP contribution in [-0.2, 0) is 47.6 Å². The minimum Gasteiger partial charge on any atom is -1.00 e. The first-order chi connectivity index (χ1) is 14.9. The minimum absolute atomic E-state index is 0. The average Bonchev–Trinajstić information content (AvgIpc) is 3.49. The molecule has 1 saturated carbocycles. The number of rotatable bonds is 10. The summed E-state index contributed by atoms with van der Waals surface area (Å²) >= 11 is 0. The monoisotopic (exact) mass is 587 g/mol. The molecular weight excluding hydrogens is 553 g/mol. The van der Waals surface area contributed by atoms with E-state index in [2.05, 4.69) is 14.1 Å². The van der Waals surface area contributed by atoms with Gasteiger partial charge in [-0.25, -0.2) is 0 Å². The molecule has 1 saturated heterocycles. The summed E-state index contributed by atoms with van der Waals surface area (Å²) in [6.07, 6.45) is -3.40. The fraction of sp³-hybridized carbons (Fsp3) is 0.810. The second-order valence-electron chi connectivity index (χ2n) is 8.67. The lowest BCUT2D eigenvalue weighted by atomic mass is 9.98. The lowest BCUT2D eigenvalue weighted by Crippen LogP contribution is -3.00. The van der Waals surface area contributed by atoms with Crippen LogP contribution in [0.25, 0.3) is 0 Å². The average molecular weight is 587 g/mol. The van der Waals surface area contributed by atoms with E-state index in [1.54, 1.807) is 0 Å². The Bertz CT molecular complexity index is 711. The maximum absolute atomic E-state index is 11.8. The lowest BCUT2D eigenvalue weighted by Gasteiger charge is -2.44. The van der Waals surface area contributed by atoms with E-state index in [0.717, 1.165) is 17.3 Å². The molecule has 12 heteroatoms. The van der Waals surface area contributed by atoms with Crippen molar-refractivity contribution in [2.75, 3.05) is 33.9 Å². The predicted octanol–water partition coefficient (Wildman–Crippen LogP) is -2.67. The maximum atomic E-state index is 11.8. The van der Waals surface area contributed by atoms with E-state index in [1.807, 2.05) is 0 Å². The van der Waals surface area contributed by atoms with Crippen molar-refractivity contribution in [3.63, 3.8) is 0 Å². The van der Waals surface area contributed by atoms with Crippen molar-refractivity contribution < 1.29 is 76.1 Å². The summed E-state index contributed by atoms with van der Waals surface area (Å²) in [5, 5.41) is 0. The van der Waals surface area contributed by atoms with Crippen molar-refractivity contribution in [3.05, 3.63) is 0 Å². The van der Waals surface area contributed by atoms with Crippen LogP contribution in [0.3, 0.4) is 0 Å². The highest BCUT2D eigenvalue weighted by Crippen LogP contribution is 2.32. The minimum atomic E-state index is -1.22. The van der Waals surface area contributed by atoms with Gasteiger partial charge in [-0.05, 0) is 0 Å². The highest BCUT2D eigenvalue weighted by molar-refractivity contribution is 5.68. The molecule has 11 nitrogen and oxygen atoms in total. The van der Waals surface area contributed by atoms with Crippen LogP contribution in [0.4, 0.5) is 0 Å². The molecule has 1 aliphatic heterocycles. The Morgan fingerprint density at radius 1 is 0.818 bits per heavy atom. The van der Waals surface area contributed by atoms with Gasteiger partial charge < -0.3 is 56.9 Å². The van der Waals surface area contributed by atoms with Crippen LogP contribution in [-0.4, -0.2) is 99.0 Å². The van der Waals surface area contributed by atoms with E-state index in [1.165, 1.54) is 27.7 Å². The molecule has 1 heterocycles. The van der Waals surface area contributed by atoms with Crippen LogP contribution in [0.2, 0.25) is 0 Å². The van der Waals surface area contributed by atoms with E-state index in [-0.39, 0.29) is 37.2 Å². The number of halogens is 1. The molecular formula is C21H34INO10. The summed E-state index contributed by atoms with van der Waals surface area (Å²) in [4.78, 5) is 46.7. The van der Waals surface area contributed by atoms with Gasteiger partial charge in [0.1, 0.15) is 19.3 Å². The molecule has 0 aromatic heterocycles. The lowest BCUT2D eigenvalue weighted by molar-refractivity contribution is -0.901. The van der Waals surface area contributed by atoms with Crippen molar-refractivity contribution >= 4 is 23.9 Å². The molecule has 0 radical (unpaired) electrons. The van der Waals surface area contributed by atoms with Gasteiger partial charge in [-0.1, -0.05) is 0 Å². The Kier molecular flexibility index (Phi) is 11.5. The van der Waals surface area contributed by atoms with Crippen molar-refractivity contribution in [1.29, 1.82) is 0 Å². The molecule has 0 amide bonds. The highest BCUT2D eigenvalue weighted by Gasteiger charge is 2.53. The van der Waals surface area contributed by atoms with Crippen molar-refractivity contribution in [3.8, 4) is 0 Å². The maximum Gasteiger partial charge on any atom is 0.303 e. The fourth-order valence-electron chi connectivity index (χ4n) is 3.68. The Balaban J connectivity index is 0.00000544. The number of esters is 4. The summed E-state index contributed by atoms with van der Waals surface area (Å²) in [7, 11) is 4.21. The Hall–Kier alpha value is -1.51. The van der Waals surface area contributed by atoms with E-state index in [4.69, 9.17) is 28.4 Å². The quantitative estimate of drug-likeness (QED) is 0.116. The van der Waals surface area contributed by atoms with Gasteiger partial charge in [-0.3, -0.25) is 19.2 Å². The molecule has 2 fully saturated rings. The molecule has 190 valence electrons. The first-order valence-electron chi connectivity index (χ1n) is 10.7. The van der Waals surface area contributed by atoms with Crippen molar-refractivity contribution in [2.45, 2.75) is 77.3 Å². The third-order valence-corrected chi connectivity index (χ3v) is 5.43. The second kappa shape index (κ2) is 12.8. The van der Waals surface area contributed by atoms with Crippen LogP contribution in [0.1, 0.15) is 40.5 Å². The fourth-order valence-corrected chi connectivity index (χ4v) is 3.68. The van der Waals surface area contributed by atoms with Crippen LogP contribution in [0.15, 0.2) is 0 Å². The molecule has 0 N–H and O–H groups in total. The molecule has 0 aromatic rings. The van der Waals surface area contributed by atoms with Gasteiger partial charge in [-0.15, -0.1) is 0 Å². The summed E-state index contributed by atoms with van der Waals surface area (Å²) in [5.41, 5.74) is 0. The Morgan fingerprint density at radius 3 is 1.82 bits per heavy atom. The molecule has 2 rings (SSSR count). The first kappa shape index (κ1) is 29.5. The molecule has 0 spiro atoms. The molecule has 5 atom stereocenters. The zero-order valence-electron chi connectivity index (χ0n) is 19.9. The summed E-state index contributed by atoms with van der Waals surface area (Å²) in [6.45, 7) is 5.45. The SMILES string of the molecule is CC(=O)OC[C@H]1O[C@@H](OCC[N+](C)(C)C2CC2)[C@H](OC(C)=O)[C@@H](OC(C)=O)[C@@H]1OC(C)=O.[I-]. The predicted molar refractivity (Wildman–Crippen MR) is 108 cm³/mol. The zero-order valence-corrected chi connectivity index (χ0v) is 22.1. The third-order valence-electron chi connectivity index (χ3n) is 5.43. The standard InChI is InChI=1S/C21H34NO10.HI/c1-12(23)28-11-17-18(29-13(2)24)19(30-14(3)25)20(31-15(4)26)21(32-17)27-10-9-22(5,6)16-7-8-16;/h16-21H,7-11H2,1-6H3;1H/q+1;/p-1/t17-,18-,19+,20-,21-;/m1./s1. The van der Waals surface area contributed by atoms with E-state index >= 15 is 0 Å². The molecule has 0 aromatic carbocycles. The van der Waals surface area contributed by atoms with Crippen molar-refractivity contribution in [2.24, 2.45) is 0 Å². The van der Waals surface area contributed by atoms with Crippen molar-refractivity contribution in [1.82, 2.24) is 0 Å². The van der Waals surface area contributed by atoms with Gasteiger partial charge >= 0.3 is 23.9 Å². The Labute approximate surface area is 210 Å². The van der Waals surface area contributed by atoms with E-state index in [0.29, 0.717) is 12.6 Å². The van der Waals surface area contributed by atoms with Gasteiger partial charge in [0.05, 0.1) is 26.7 Å². The largest absolute Gasteiger partial charge is 1.00 e. The first-order valence-corrected chi connectivity index (χ1v) is 10.7. The second-order valence-corrected chi connectivity index (χ2v) is 8.67. The molecule has 33 heavy (non-hydrogen) atoms. The summed E-state index contributed by atoms with van der Waals surface area (Å²) in [6, 6.07) is 0.578. The smallest absolute Gasteiger partial charge is 0.303 e.